The monoisotopic (exact) mass is 502 g/mol. The summed E-state index contributed by atoms with van der Waals surface area (Å²) < 4.78 is 22.9. The van der Waals surface area contributed by atoms with Crippen LogP contribution in [0.3, 0.4) is 0 Å². The van der Waals surface area contributed by atoms with Crippen molar-refractivity contribution in [2.75, 3.05) is 7.11 Å². The van der Waals surface area contributed by atoms with E-state index in [0.29, 0.717) is 22.3 Å². The Morgan fingerprint density at radius 2 is 1.76 bits per heavy atom. The van der Waals surface area contributed by atoms with E-state index in [1.54, 1.807) is 57.2 Å². The summed E-state index contributed by atoms with van der Waals surface area (Å²) >= 11 is 0. The molecule has 3 aromatic rings. The summed E-state index contributed by atoms with van der Waals surface area (Å²) in [5.74, 6) is -1.58. The number of para-hydroxylation sites is 1. The fraction of sp³-hybridized carbons (Fsp3) is 0.276. The summed E-state index contributed by atoms with van der Waals surface area (Å²) in [5, 5.41) is 10.2. The molecule has 2 aliphatic heterocycles. The highest BCUT2D eigenvalue weighted by molar-refractivity contribution is 5.97. The van der Waals surface area contributed by atoms with E-state index >= 15 is 0 Å². The first-order valence-electron chi connectivity index (χ1n) is 11.9. The molecule has 37 heavy (non-hydrogen) atoms. The van der Waals surface area contributed by atoms with Crippen molar-refractivity contribution in [1.29, 1.82) is 0 Å². The van der Waals surface area contributed by atoms with Crippen LogP contribution in [0.2, 0.25) is 0 Å². The quantitative estimate of drug-likeness (QED) is 0.380. The zero-order valence-corrected chi connectivity index (χ0v) is 20.9. The van der Waals surface area contributed by atoms with Gasteiger partial charge in [-0.05, 0) is 44.5 Å². The summed E-state index contributed by atoms with van der Waals surface area (Å²) in [7, 11) is 1.31. The number of methoxy groups -OCH3 is 1. The first kappa shape index (κ1) is 24.4. The largest absolute Gasteiger partial charge is 0.508 e. The molecule has 0 fully saturated rings. The third-order valence-corrected chi connectivity index (χ3v) is 6.85. The second-order valence-corrected chi connectivity index (χ2v) is 9.93. The van der Waals surface area contributed by atoms with Crippen molar-refractivity contribution in [3.63, 3.8) is 0 Å². The average molecular weight is 503 g/mol. The first-order valence-corrected chi connectivity index (χ1v) is 11.9. The Labute approximate surface area is 213 Å². The smallest absolute Gasteiger partial charge is 0.340 e. The molecule has 0 amide bonds. The molecule has 2 atom stereocenters. The van der Waals surface area contributed by atoms with E-state index < -0.39 is 34.8 Å². The van der Waals surface area contributed by atoms with Gasteiger partial charge in [0.15, 0.2) is 17.1 Å². The maximum Gasteiger partial charge on any atom is 0.340 e. The highest BCUT2D eigenvalue weighted by Crippen LogP contribution is 2.58. The van der Waals surface area contributed by atoms with Crippen molar-refractivity contribution in [1.82, 2.24) is 0 Å². The van der Waals surface area contributed by atoms with Gasteiger partial charge in [0.1, 0.15) is 11.5 Å². The molecule has 3 aromatic carbocycles. The molecule has 8 heteroatoms. The molecule has 0 saturated carbocycles. The molecular formula is C29H26O8. The SMILES string of the molecule is COC(=O)C(C)(C)CC(C)C(=O)Oc1cccc2c1Oc1cc(O)ccc1C21OC(=O)c2ccccc21. The van der Waals surface area contributed by atoms with Crippen LogP contribution in [0.5, 0.6) is 23.0 Å². The number of rotatable bonds is 5. The molecule has 190 valence electrons. The summed E-state index contributed by atoms with van der Waals surface area (Å²) in [6, 6.07) is 16.7. The molecule has 2 heterocycles. The van der Waals surface area contributed by atoms with Crippen LogP contribution in [-0.4, -0.2) is 30.1 Å². The molecule has 2 unspecified atom stereocenters. The average Bonchev–Trinajstić information content (AvgIpc) is 3.16. The third-order valence-electron chi connectivity index (χ3n) is 6.85. The lowest BCUT2D eigenvalue weighted by Gasteiger charge is -2.37. The maximum absolute atomic E-state index is 13.1. The normalized spacial score (nSPS) is 18.1. The highest BCUT2D eigenvalue weighted by Gasteiger charge is 2.54. The number of aromatic hydroxyl groups is 1. The number of esters is 3. The minimum Gasteiger partial charge on any atom is -0.508 e. The van der Waals surface area contributed by atoms with Crippen LogP contribution in [0.4, 0.5) is 0 Å². The van der Waals surface area contributed by atoms with E-state index in [0.717, 1.165) is 0 Å². The lowest BCUT2D eigenvalue weighted by atomic mass is 9.77. The van der Waals surface area contributed by atoms with E-state index in [2.05, 4.69) is 0 Å². The topological polar surface area (TPSA) is 108 Å². The van der Waals surface area contributed by atoms with Crippen LogP contribution in [0.25, 0.3) is 0 Å². The number of phenols is 1. The molecule has 8 nitrogen and oxygen atoms in total. The fourth-order valence-electron chi connectivity index (χ4n) is 5.15. The number of carbonyl (C=O) groups is 3. The standard InChI is InChI=1S/C29H26O8/c1-16(15-28(2,3)27(33)34-4)25(31)36-22-11-7-10-21-24(22)35-23-14-17(30)12-13-20(23)29(21)19-9-6-5-8-18(19)26(32)37-29/h5-14,16,30H,15H2,1-4H3. The Morgan fingerprint density at radius 3 is 2.51 bits per heavy atom. The molecule has 0 radical (unpaired) electrons. The number of carbonyl (C=O) groups excluding carboxylic acids is 3. The van der Waals surface area contributed by atoms with Gasteiger partial charge in [-0.15, -0.1) is 0 Å². The molecule has 1 spiro atoms. The number of hydrogen-bond acceptors (Lipinski definition) is 8. The number of ether oxygens (including phenoxy) is 4. The Balaban J connectivity index is 1.59. The molecule has 5 rings (SSSR count). The molecule has 0 aliphatic carbocycles. The minimum atomic E-state index is -1.36. The van der Waals surface area contributed by atoms with Gasteiger partial charge in [-0.1, -0.05) is 37.3 Å². The van der Waals surface area contributed by atoms with E-state index in [1.165, 1.54) is 19.2 Å². The van der Waals surface area contributed by atoms with Crippen LogP contribution in [0, 0.1) is 11.3 Å². The maximum atomic E-state index is 13.1. The van der Waals surface area contributed by atoms with Gasteiger partial charge < -0.3 is 24.1 Å². The molecule has 0 bridgehead atoms. The predicted molar refractivity (Wildman–Crippen MR) is 132 cm³/mol. The van der Waals surface area contributed by atoms with Crippen LogP contribution < -0.4 is 9.47 Å². The van der Waals surface area contributed by atoms with E-state index in [9.17, 15) is 19.5 Å². The summed E-state index contributed by atoms with van der Waals surface area (Å²) in [6.45, 7) is 5.08. The van der Waals surface area contributed by atoms with Crippen molar-refractivity contribution in [2.24, 2.45) is 11.3 Å². The van der Waals surface area contributed by atoms with Crippen molar-refractivity contribution >= 4 is 17.9 Å². The number of fused-ring (bicyclic) bond motifs is 6. The predicted octanol–water partition coefficient (Wildman–Crippen LogP) is 5.09. The second kappa shape index (κ2) is 8.65. The van der Waals surface area contributed by atoms with Crippen molar-refractivity contribution in [3.8, 4) is 23.0 Å². The van der Waals surface area contributed by atoms with Gasteiger partial charge in [0.25, 0.3) is 0 Å². The number of benzene rings is 3. The van der Waals surface area contributed by atoms with Crippen LogP contribution in [0.1, 0.15) is 54.2 Å². The number of phenolic OH excluding ortho intramolecular Hbond substituents is 1. The second-order valence-electron chi connectivity index (χ2n) is 9.93. The molecule has 0 aromatic heterocycles. The highest BCUT2D eigenvalue weighted by atomic mass is 16.6. The van der Waals surface area contributed by atoms with Gasteiger partial charge >= 0.3 is 17.9 Å². The van der Waals surface area contributed by atoms with E-state index in [-0.39, 0.29) is 29.4 Å². The van der Waals surface area contributed by atoms with Gasteiger partial charge in [0.2, 0.25) is 0 Å². The van der Waals surface area contributed by atoms with Crippen LogP contribution >= 0.6 is 0 Å². The number of hydrogen-bond donors (Lipinski definition) is 1. The van der Waals surface area contributed by atoms with Crippen molar-refractivity contribution in [2.45, 2.75) is 32.8 Å². The van der Waals surface area contributed by atoms with E-state index in [1.807, 2.05) is 12.1 Å². The zero-order chi connectivity index (χ0) is 26.5. The fourth-order valence-corrected chi connectivity index (χ4v) is 5.15. The van der Waals surface area contributed by atoms with Crippen molar-refractivity contribution < 1.29 is 38.4 Å². The third kappa shape index (κ3) is 3.80. The molecule has 2 aliphatic rings. The first-order chi connectivity index (χ1) is 17.6. The molecule has 0 saturated heterocycles. The molecule has 1 N–H and O–H groups in total. The Morgan fingerprint density at radius 1 is 1.03 bits per heavy atom. The van der Waals surface area contributed by atoms with E-state index in [4.69, 9.17) is 18.9 Å². The Hall–Kier alpha value is -4.33. The van der Waals surface area contributed by atoms with Gasteiger partial charge in [0.05, 0.1) is 29.6 Å². The lowest BCUT2D eigenvalue weighted by Crippen LogP contribution is -2.33. The van der Waals surface area contributed by atoms with Crippen molar-refractivity contribution in [3.05, 3.63) is 82.9 Å². The van der Waals surface area contributed by atoms with Gasteiger partial charge in [-0.25, -0.2) is 4.79 Å². The lowest BCUT2D eigenvalue weighted by molar-refractivity contribution is -0.153. The summed E-state index contributed by atoms with van der Waals surface area (Å²) in [6.07, 6.45) is 0.208. The van der Waals surface area contributed by atoms with Gasteiger partial charge in [-0.3, -0.25) is 9.59 Å². The van der Waals surface area contributed by atoms with Crippen LogP contribution in [-0.2, 0) is 24.7 Å². The van der Waals surface area contributed by atoms with Gasteiger partial charge in [-0.2, -0.15) is 0 Å². The Bertz CT molecular complexity index is 1440. The van der Waals surface area contributed by atoms with Crippen LogP contribution in [0.15, 0.2) is 60.7 Å². The Kier molecular flexibility index (Phi) is 5.70. The zero-order valence-electron chi connectivity index (χ0n) is 20.9. The minimum absolute atomic E-state index is 0.0388. The summed E-state index contributed by atoms with van der Waals surface area (Å²) in [4.78, 5) is 38.1. The van der Waals surface area contributed by atoms with Gasteiger partial charge in [0, 0.05) is 17.2 Å². The molecular weight excluding hydrogens is 476 g/mol. The summed E-state index contributed by atoms with van der Waals surface area (Å²) in [5.41, 5.74) is -0.194.